The van der Waals surface area contributed by atoms with E-state index in [0.717, 1.165) is 16.8 Å². The van der Waals surface area contributed by atoms with E-state index >= 15 is 0 Å². The lowest BCUT2D eigenvalue weighted by atomic mass is 10.1. The fourth-order valence-electron chi connectivity index (χ4n) is 2.44. The lowest BCUT2D eigenvalue weighted by molar-refractivity contribution is 0.0950. The van der Waals surface area contributed by atoms with Crippen LogP contribution in [0.5, 0.6) is 0 Å². The Bertz CT molecular complexity index is 908. The van der Waals surface area contributed by atoms with E-state index in [0.29, 0.717) is 22.2 Å². The van der Waals surface area contributed by atoms with Crippen LogP contribution in [-0.2, 0) is 6.54 Å². The minimum Gasteiger partial charge on any atom is -0.348 e. The molecule has 0 radical (unpaired) electrons. The van der Waals surface area contributed by atoms with E-state index in [4.69, 9.17) is 23.2 Å². The Balaban J connectivity index is 1.67. The van der Waals surface area contributed by atoms with Crippen LogP contribution in [0.2, 0.25) is 10.0 Å². The molecule has 3 nitrogen and oxygen atoms in total. The summed E-state index contributed by atoms with van der Waals surface area (Å²) in [5.41, 5.74) is 4.43. The number of nitrogens with one attached hydrogen (secondary N) is 1. The Morgan fingerprint density at radius 2 is 1.88 bits per heavy atom. The second-order valence-corrected chi connectivity index (χ2v) is 6.55. The molecule has 5 heteroatoms. The van der Waals surface area contributed by atoms with Crippen LogP contribution in [0.1, 0.15) is 21.5 Å². The van der Waals surface area contributed by atoms with E-state index in [9.17, 15) is 4.79 Å². The number of halogens is 2. The van der Waals surface area contributed by atoms with Gasteiger partial charge in [-0.3, -0.25) is 9.78 Å². The smallest absolute Gasteiger partial charge is 0.253 e. The minimum absolute atomic E-state index is 0.186. The number of hydrogen-bond acceptors (Lipinski definition) is 2. The van der Waals surface area contributed by atoms with Gasteiger partial charge in [0.2, 0.25) is 0 Å². The molecule has 0 saturated carbocycles. The van der Waals surface area contributed by atoms with Crippen molar-refractivity contribution < 1.29 is 4.79 Å². The van der Waals surface area contributed by atoms with Gasteiger partial charge in [-0.05, 0) is 42.8 Å². The summed E-state index contributed by atoms with van der Waals surface area (Å²) in [6.07, 6.45) is 1.59. The van der Waals surface area contributed by atoms with Gasteiger partial charge in [0.1, 0.15) is 0 Å². The lowest BCUT2D eigenvalue weighted by Gasteiger charge is -2.07. The minimum atomic E-state index is -0.186. The summed E-state index contributed by atoms with van der Waals surface area (Å²) in [6.45, 7) is 2.41. The zero-order valence-electron chi connectivity index (χ0n) is 13.6. The molecule has 1 heterocycles. The summed E-state index contributed by atoms with van der Waals surface area (Å²) in [4.78, 5) is 16.7. The second kappa shape index (κ2) is 7.68. The third kappa shape index (κ3) is 4.38. The number of aryl methyl sites for hydroxylation is 1. The van der Waals surface area contributed by atoms with Crippen LogP contribution in [0.4, 0.5) is 0 Å². The molecule has 0 fully saturated rings. The molecule has 1 aromatic heterocycles. The maximum atomic E-state index is 12.3. The van der Waals surface area contributed by atoms with Gasteiger partial charge in [-0.25, -0.2) is 0 Å². The largest absolute Gasteiger partial charge is 0.348 e. The predicted molar refractivity (Wildman–Crippen MR) is 102 cm³/mol. The van der Waals surface area contributed by atoms with E-state index in [1.54, 1.807) is 24.4 Å². The standard InChI is InChI=1S/C20H16Cl2N2O/c1-13-3-2-4-15(9-13)19-8-6-16(12-23-19)20(25)24-11-14-5-7-17(21)18(22)10-14/h2-10,12H,11H2,1H3,(H,24,25). The van der Waals surface area contributed by atoms with Gasteiger partial charge in [-0.1, -0.05) is 53.0 Å². The molecule has 3 rings (SSSR count). The van der Waals surface area contributed by atoms with Crippen LogP contribution in [-0.4, -0.2) is 10.9 Å². The van der Waals surface area contributed by atoms with E-state index in [1.165, 1.54) is 5.56 Å². The van der Waals surface area contributed by atoms with Gasteiger partial charge in [0.25, 0.3) is 5.91 Å². The van der Waals surface area contributed by atoms with Crippen LogP contribution in [0.15, 0.2) is 60.8 Å². The zero-order valence-corrected chi connectivity index (χ0v) is 15.1. The van der Waals surface area contributed by atoms with Crippen molar-refractivity contribution in [3.05, 3.63) is 87.5 Å². The zero-order chi connectivity index (χ0) is 17.8. The molecule has 0 saturated heterocycles. The first-order valence-electron chi connectivity index (χ1n) is 7.78. The van der Waals surface area contributed by atoms with Crippen molar-refractivity contribution in [2.24, 2.45) is 0 Å². The molecule has 1 N–H and O–H groups in total. The van der Waals surface area contributed by atoms with Gasteiger partial charge in [0.15, 0.2) is 0 Å². The summed E-state index contributed by atoms with van der Waals surface area (Å²) in [5.74, 6) is -0.186. The Kier molecular flexibility index (Phi) is 5.37. The van der Waals surface area contributed by atoms with Crippen LogP contribution in [0.3, 0.4) is 0 Å². The molecule has 0 aliphatic carbocycles. The Morgan fingerprint density at radius 3 is 2.56 bits per heavy atom. The van der Waals surface area contributed by atoms with Gasteiger partial charge < -0.3 is 5.32 Å². The highest BCUT2D eigenvalue weighted by Gasteiger charge is 2.08. The molecule has 0 spiro atoms. The van der Waals surface area contributed by atoms with Gasteiger partial charge in [0, 0.05) is 18.3 Å². The molecule has 25 heavy (non-hydrogen) atoms. The van der Waals surface area contributed by atoms with Crippen LogP contribution in [0, 0.1) is 6.92 Å². The van der Waals surface area contributed by atoms with Crippen molar-refractivity contribution in [2.75, 3.05) is 0 Å². The number of pyridine rings is 1. The first-order valence-corrected chi connectivity index (χ1v) is 8.54. The number of hydrogen-bond donors (Lipinski definition) is 1. The van der Waals surface area contributed by atoms with E-state index in [2.05, 4.69) is 16.4 Å². The first-order chi connectivity index (χ1) is 12.0. The van der Waals surface area contributed by atoms with Gasteiger partial charge in [0.05, 0.1) is 21.3 Å². The molecule has 0 unspecified atom stereocenters. The molecular formula is C20H16Cl2N2O. The maximum absolute atomic E-state index is 12.3. The molecule has 3 aromatic rings. The molecule has 0 aliphatic heterocycles. The third-order valence-electron chi connectivity index (χ3n) is 3.78. The fraction of sp³-hybridized carbons (Fsp3) is 0.100. The normalized spacial score (nSPS) is 10.5. The van der Waals surface area contributed by atoms with Crippen molar-refractivity contribution in [2.45, 2.75) is 13.5 Å². The number of rotatable bonds is 4. The molecule has 0 bridgehead atoms. The average molecular weight is 371 g/mol. The number of aromatic nitrogens is 1. The second-order valence-electron chi connectivity index (χ2n) is 5.73. The highest BCUT2D eigenvalue weighted by molar-refractivity contribution is 6.42. The van der Waals surface area contributed by atoms with Crippen molar-refractivity contribution >= 4 is 29.1 Å². The summed E-state index contributed by atoms with van der Waals surface area (Å²) in [5, 5.41) is 3.81. The molecule has 0 aliphatic rings. The predicted octanol–water partition coefficient (Wildman–Crippen LogP) is 5.29. The Labute approximate surface area is 156 Å². The van der Waals surface area contributed by atoms with Crippen molar-refractivity contribution in [1.82, 2.24) is 10.3 Å². The Morgan fingerprint density at radius 1 is 1.04 bits per heavy atom. The van der Waals surface area contributed by atoms with Crippen molar-refractivity contribution in [1.29, 1.82) is 0 Å². The molecule has 126 valence electrons. The quantitative estimate of drug-likeness (QED) is 0.677. The van der Waals surface area contributed by atoms with Gasteiger partial charge in [-0.15, -0.1) is 0 Å². The maximum Gasteiger partial charge on any atom is 0.253 e. The number of carbonyl (C=O) groups is 1. The lowest BCUT2D eigenvalue weighted by Crippen LogP contribution is -2.22. The first kappa shape index (κ1) is 17.5. The van der Waals surface area contributed by atoms with Crippen molar-refractivity contribution in [3.8, 4) is 11.3 Å². The Hall–Kier alpha value is -2.36. The summed E-state index contributed by atoms with van der Waals surface area (Å²) < 4.78 is 0. The number of amides is 1. The third-order valence-corrected chi connectivity index (χ3v) is 4.52. The van der Waals surface area contributed by atoms with E-state index in [1.807, 2.05) is 37.3 Å². The highest BCUT2D eigenvalue weighted by atomic mass is 35.5. The monoisotopic (exact) mass is 370 g/mol. The molecule has 1 amide bonds. The van der Waals surface area contributed by atoms with Gasteiger partial charge >= 0.3 is 0 Å². The fourth-order valence-corrected chi connectivity index (χ4v) is 2.76. The molecule has 0 atom stereocenters. The topological polar surface area (TPSA) is 42.0 Å². The van der Waals surface area contributed by atoms with Crippen molar-refractivity contribution in [3.63, 3.8) is 0 Å². The summed E-state index contributed by atoms with van der Waals surface area (Å²) >= 11 is 11.9. The van der Waals surface area contributed by atoms with Crippen LogP contribution in [0.25, 0.3) is 11.3 Å². The SMILES string of the molecule is Cc1cccc(-c2ccc(C(=O)NCc3ccc(Cl)c(Cl)c3)cn2)c1. The highest BCUT2D eigenvalue weighted by Crippen LogP contribution is 2.22. The summed E-state index contributed by atoms with van der Waals surface area (Å²) in [7, 11) is 0. The van der Waals surface area contributed by atoms with Crippen LogP contribution < -0.4 is 5.32 Å². The number of benzene rings is 2. The van der Waals surface area contributed by atoms with Crippen LogP contribution >= 0.6 is 23.2 Å². The van der Waals surface area contributed by atoms with Gasteiger partial charge in [-0.2, -0.15) is 0 Å². The molecule has 2 aromatic carbocycles. The van der Waals surface area contributed by atoms with E-state index < -0.39 is 0 Å². The summed E-state index contributed by atoms with van der Waals surface area (Å²) in [6, 6.07) is 17.0. The molecular weight excluding hydrogens is 355 g/mol. The van der Waals surface area contributed by atoms with E-state index in [-0.39, 0.29) is 5.91 Å². The number of nitrogens with zero attached hydrogens (tertiary/aromatic N) is 1. The number of carbonyl (C=O) groups excluding carboxylic acids is 1. The average Bonchev–Trinajstić information content (AvgIpc) is 2.62.